The van der Waals surface area contributed by atoms with Crippen molar-refractivity contribution in [2.24, 2.45) is 0 Å². The number of hydrogen-bond donors (Lipinski definition) is 3. The highest BCUT2D eigenvalue weighted by Gasteiger charge is 2.14. The molecule has 0 bridgehead atoms. The van der Waals surface area contributed by atoms with Crippen LogP contribution in [-0.2, 0) is 19.6 Å². The number of hydrogen-bond acceptors (Lipinski definition) is 5. The van der Waals surface area contributed by atoms with Crippen molar-refractivity contribution in [3.63, 3.8) is 0 Å². The standard InChI is InChI=1S/C16H18N2O3/c1-10-16(20)14(12(9-19)7-17-10)8-18-13-2-3-15-11(6-13)4-5-21-15/h2-3,6-7,18-20H,4-5,8-9H2,1H3. The zero-order valence-corrected chi connectivity index (χ0v) is 11.9. The Bertz CT molecular complexity index is 671. The van der Waals surface area contributed by atoms with E-state index < -0.39 is 0 Å². The van der Waals surface area contributed by atoms with E-state index in [1.807, 2.05) is 12.1 Å². The van der Waals surface area contributed by atoms with Crippen molar-refractivity contribution >= 4 is 5.69 Å². The van der Waals surface area contributed by atoms with Gasteiger partial charge in [-0.05, 0) is 30.7 Å². The lowest BCUT2D eigenvalue weighted by molar-refractivity contribution is 0.279. The first kappa shape index (κ1) is 13.7. The maximum Gasteiger partial charge on any atom is 0.142 e. The molecule has 0 aliphatic carbocycles. The first-order valence-corrected chi connectivity index (χ1v) is 6.96. The minimum absolute atomic E-state index is 0.138. The van der Waals surface area contributed by atoms with E-state index in [0.717, 1.165) is 24.5 Å². The monoisotopic (exact) mass is 286 g/mol. The molecule has 5 nitrogen and oxygen atoms in total. The van der Waals surface area contributed by atoms with Crippen LogP contribution in [0.1, 0.15) is 22.4 Å². The number of aromatic nitrogens is 1. The predicted molar refractivity (Wildman–Crippen MR) is 79.5 cm³/mol. The Labute approximate surface area is 123 Å². The van der Waals surface area contributed by atoms with Crippen LogP contribution in [0.15, 0.2) is 24.4 Å². The summed E-state index contributed by atoms with van der Waals surface area (Å²) in [6, 6.07) is 5.97. The molecule has 0 saturated carbocycles. The molecule has 1 aromatic carbocycles. The molecule has 5 heteroatoms. The fraction of sp³-hybridized carbons (Fsp3) is 0.312. The molecule has 1 aliphatic rings. The van der Waals surface area contributed by atoms with Gasteiger partial charge in [0.25, 0.3) is 0 Å². The molecule has 1 aromatic heterocycles. The van der Waals surface area contributed by atoms with Crippen molar-refractivity contribution in [3.8, 4) is 11.5 Å². The van der Waals surface area contributed by atoms with Gasteiger partial charge in [-0.3, -0.25) is 4.98 Å². The van der Waals surface area contributed by atoms with E-state index in [0.29, 0.717) is 23.4 Å². The SMILES string of the molecule is Cc1ncc(CO)c(CNc2ccc3c(c2)CCO3)c1O. The van der Waals surface area contributed by atoms with Crippen molar-refractivity contribution in [1.82, 2.24) is 4.98 Å². The van der Waals surface area contributed by atoms with Gasteiger partial charge >= 0.3 is 0 Å². The average molecular weight is 286 g/mol. The number of benzene rings is 1. The first-order valence-electron chi connectivity index (χ1n) is 6.96. The van der Waals surface area contributed by atoms with E-state index in [4.69, 9.17) is 4.74 Å². The number of aliphatic hydroxyl groups excluding tert-OH is 1. The quantitative estimate of drug-likeness (QED) is 0.803. The summed E-state index contributed by atoms with van der Waals surface area (Å²) in [5.41, 5.74) is 4.04. The number of anilines is 1. The summed E-state index contributed by atoms with van der Waals surface area (Å²) >= 11 is 0. The predicted octanol–water partition coefficient (Wildman–Crippen LogP) is 2.13. The minimum atomic E-state index is -0.143. The smallest absolute Gasteiger partial charge is 0.142 e. The summed E-state index contributed by atoms with van der Waals surface area (Å²) in [6.45, 7) is 2.77. The summed E-state index contributed by atoms with van der Waals surface area (Å²) in [6.07, 6.45) is 2.52. The third kappa shape index (κ3) is 2.64. The highest BCUT2D eigenvalue weighted by atomic mass is 16.5. The molecule has 0 radical (unpaired) electrons. The molecular formula is C16H18N2O3. The molecule has 0 fully saturated rings. The molecular weight excluding hydrogens is 268 g/mol. The van der Waals surface area contributed by atoms with Crippen LogP contribution >= 0.6 is 0 Å². The van der Waals surface area contributed by atoms with Crippen molar-refractivity contribution in [2.75, 3.05) is 11.9 Å². The lowest BCUT2D eigenvalue weighted by Gasteiger charge is -2.13. The molecule has 0 atom stereocenters. The van der Waals surface area contributed by atoms with E-state index >= 15 is 0 Å². The van der Waals surface area contributed by atoms with Gasteiger partial charge in [-0.25, -0.2) is 0 Å². The summed E-state index contributed by atoms with van der Waals surface area (Å²) in [5, 5.41) is 22.8. The molecule has 0 unspecified atom stereocenters. The molecule has 2 aromatic rings. The summed E-state index contributed by atoms with van der Waals surface area (Å²) in [5.74, 6) is 1.08. The van der Waals surface area contributed by atoms with Gasteiger partial charge in [0, 0.05) is 36.0 Å². The Morgan fingerprint density at radius 2 is 2.24 bits per heavy atom. The van der Waals surface area contributed by atoms with Gasteiger partial charge in [-0.2, -0.15) is 0 Å². The molecule has 110 valence electrons. The molecule has 3 N–H and O–H groups in total. The van der Waals surface area contributed by atoms with Gasteiger partial charge in [0.05, 0.1) is 18.9 Å². The Balaban J connectivity index is 1.80. The second-order valence-corrected chi connectivity index (χ2v) is 5.13. The third-order valence-electron chi connectivity index (χ3n) is 3.76. The summed E-state index contributed by atoms with van der Waals surface area (Å²) in [4.78, 5) is 4.06. The average Bonchev–Trinajstić information content (AvgIpc) is 2.96. The molecule has 3 rings (SSSR count). The van der Waals surface area contributed by atoms with Gasteiger partial charge in [-0.1, -0.05) is 0 Å². The molecule has 21 heavy (non-hydrogen) atoms. The Hall–Kier alpha value is -2.27. The van der Waals surface area contributed by atoms with Crippen LogP contribution in [0.4, 0.5) is 5.69 Å². The second-order valence-electron chi connectivity index (χ2n) is 5.13. The molecule has 2 heterocycles. The number of ether oxygens (including phenoxy) is 1. The number of pyridine rings is 1. The Morgan fingerprint density at radius 3 is 3.05 bits per heavy atom. The van der Waals surface area contributed by atoms with E-state index in [2.05, 4.69) is 16.4 Å². The first-order chi connectivity index (χ1) is 10.2. The molecule has 1 aliphatic heterocycles. The Morgan fingerprint density at radius 1 is 1.38 bits per heavy atom. The number of nitrogens with zero attached hydrogens (tertiary/aromatic N) is 1. The lowest BCUT2D eigenvalue weighted by atomic mass is 10.1. The summed E-state index contributed by atoms with van der Waals surface area (Å²) < 4.78 is 5.48. The molecule has 0 saturated heterocycles. The number of fused-ring (bicyclic) bond motifs is 1. The zero-order chi connectivity index (χ0) is 14.8. The third-order valence-corrected chi connectivity index (χ3v) is 3.76. The van der Waals surface area contributed by atoms with E-state index in [-0.39, 0.29) is 12.4 Å². The van der Waals surface area contributed by atoms with Crippen LogP contribution in [0.25, 0.3) is 0 Å². The number of aryl methyl sites for hydroxylation is 1. The Kier molecular flexibility index (Phi) is 3.66. The van der Waals surface area contributed by atoms with Gasteiger partial charge in [0.15, 0.2) is 0 Å². The van der Waals surface area contributed by atoms with Gasteiger partial charge in [-0.15, -0.1) is 0 Å². The van der Waals surface area contributed by atoms with Gasteiger partial charge < -0.3 is 20.3 Å². The normalized spacial score (nSPS) is 12.9. The van der Waals surface area contributed by atoms with Crippen molar-refractivity contribution in [1.29, 1.82) is 0 Å². The van der Waals surface area contributed by atoms with Gasteiger partial charge in [0.1, 0.15) is 11.5 Å². The van der Waals surface area contributed by atoms with E-state index in [1.165, 1.54) is 5.56 Å². The maximum atomic E-state index is 10.1. The highest BCUT2D eigenvalue weighted by molar-refractivity contribution is 5.53. The maximum absolute atomic E-state index is 10.1. The lowest BCUT2D eigenvalue weighted by Crippen LogP contribution is -2.05. The number of nitrogens with one attached hydrogen (secondary N) is 1. The minimum Gasteiger partial charge on any atom is -0.506 e. The molecule has 0 spiro atoms. The van der Waals surface area contributed by atoms with Crippen LogP contribution in [0, 0.1) is 6.92 Å². The van der Waals surface area contributed by atoms with Crippen LogP contribution < -0.4 is 10.1 Å². The fourth-order valence-electron chi connectivity index (χ4n) is 2.50. The van der Waals surface area contributed by atoms with Crippen LogP contribution in [0.5, 0.6) is 11.5 Å². The highest BCUT2D eigenvalue weighted by Crippen LogP contribution is 2.29. The van der Waals surface area contributed by atoms with Crippen molar-refractivity contribution in [3.05, 3.63) is 46.8 Å². The van der Waals surface area contributed by atoms with E-state index in [1.54, 1.807) is 13.1 Å². The van der Waals surface area contributed by atoms with Crippen LogP contribution in [0.3, 0.4) is 0 Å². The summed E-state index contributed by atoms with van der Waals surface area (Å²) in [7, 11) is 0. The largest absolute Gasteiger partial charge is 0.506 e. The van der Waals surface area contributed by atoms with E-state index in [9.17, 15) is 10.2 Å². The topological polar surface area (TPSA) is 74.6 Å². The van der Waals surface area contributed by atoms with Crippen LogP contribution in [0.2, 0.25) is 0 Å². The van der Waals surface area contributed by atoms with Crippen molar-refractivity contribution < 1.29 is 14.9 Å². The number of aliphatic hydroxyl groups is 1. The zero-order valence-electron chi connectivity index (χ0n) is 11.9. The number of rotatable bonds is 4. The fourth-order valence-corrected chi connectivity index (χ4v) is 2.50. The second kappa shape index (κ2) is 5.61. The van der Waals surface area contributed by atoms with Crippen LogP contribution in [-0.4, -0.2) is 21.8 Å². The van der Waals surface area contributed by atoms with Crippen molar-refractivity contribution in [2.45, 2.75) is 26.5 Å². The van der Waals surface area contributed by atoms with Gasteiger partial charge in [0.2, 0.25) is 0 Å². The molecule has 0 amide bonds. The number of aromatic hydroxyl groups is 1.